The van der Waals surface area contributed by atoms with E-state index in [1.165, 1.54) is 0 Å². The van der Waals surface area contributed by atoms with Crippen molar-refractivity contribution in [3.8, 4) is 0 Å². The van der Waals surface area contributed by atoms with Crippen molar-refractivity contribution >= 4 is 7.50 Å². The second-order valence-electron chi connectivity index (χ2n) is 0.0791. The normalized spacial score (nSPS) is 7.50. The average molecular weight is 168 g/mol. The molecule has 1 atom stereocenters. The zero-order chi connectivity index (χ0) is 2.71. The topological polar surface area (TPSA) is 20.2 Å². The van der Waals surface area contributed by atoms with Gasteiger partial charge in [0.15, 0.2) is 0 Å². The minimum absolute atomic E-state index is 0. The summed E-state index contributed by atoms with van der Waals surface area (Å²) >= 11 is 3.07. The second-order valence-corrected chi connectivity index (χ2v) is 0.978. The minimum atomic E-state index is -0.167. The van der Waals surface area contributed by atoms with Crippen LogP contribution in [0, 0.1) is 0 Å². The molecule has 0 aliphatic carbocycles. The molecule has 0 rings (SSSR count). The maximum absolute atomic E-state index is 7.49. The largest absolute Gasteiger partial charge is 0 e. The van der Waals surface area contributed by atoms with Gasteiger partial charge in [0.1, 0.15) is 0 Å². The van der Waals surface area contributed by atoms with Crippen molar-refractivity contribution < 1.29 is 37.5 Å². The molecule has 0 aromatic carbocycles. The Labute approximate surface area is 45.3 Å². The maximum Gasteiger partial charge on any atom is 0 e. The smallest absolute Gasteiger partial charge is 0 e. The van der Waals surface area contributed by atoms with Crippen LogP contribution in [0.4, 0.5) is 0 Å². The molecule has 0 spiro atoms. The molecule has 32 valence electrons. The van der Waals surface area contributed by atoms with Crippen LogP contribution < -0.4 is 0 Å². The van der Waals surface area contributed by atoms with Gasteiger partial charge in [-0.1, -0.05) is 0 Å². The third kappa shape index (κ3) is 9.91. The number of rotatable bonds is 0. The molecule has 1 unspecified atom stereocenters. The van der Waals surface area contributed by atoms with Crippen molar-refractivity contribution in [3.05, 3.63) is 0 Å². The molecule has 0 aromatic heterocycles. The third-order valence-corrected chi connectivity index (χ3v) is 0. The molecule has 1 radical (unpaired) electrons. The van der Waals surface area contributed by atoms with Crippen molar-refractivity contribution in [2.75, 3.05) is 0 Å². The molecule has 4 heavy (non-hydrogen) atoms. The van der Waals surface area contributed by atoms with Crippen molar-refractivity contribution in [2.24, 2.45) is 0 Å². The Bertz CT molecular complexity index is 8.00. The van der Waals surface area contributed by atoms with E-state index in [1.807, 2.05) is 0 Å². The van der Waals surface area contributed by atoms with Crippen LogP contribution >= 0.6 is 7.50 Å². The van der Waals surface area contributed by atoms with Crippen molar-refractivity contribution in [3.63, 3.8) is 0 Å². The monoisotopic (exact) mass is 168 g/mol. The van der Waals surface area contributed by atoms with Crippen LogP contribution in [0.1, 0.15) is 0 Å². The molecule has 0 fully saturated rings. The van der Waals surface area contributed by atoms with Crippen LogP contribution in [-0.4, -0.2) is 4.89 Å². The van der Waals surface area contributed by atoms with Crippen molar-refractivity contribution in [1.82, 2.24) is 0 Å². The molecule has 4 heteroatoms. The summed E-state index contributed by atoms with van der Waals surface area (Å²) in [6.45, 7) is 0. The Morgan fingerprint density at radius 1 is 1.75 bits per heavy atom. The van der Waals surface area contributed by atoms with Crippen LogP contribution in [0.3, 0.4) is 0 Å². The Morgan fingerprint density at radius 3 is 1.75 bits per heavy atom. The zero-order valence-corrected chi connectivity index (χ0v) is 4.65. The van der Waals surface area contributed by atoms with Crippen molar-refractivity contribution in [1.29, 1.82) is 0 Å². The van der Waals surface area contributed by atoms with E-state index in [9.17, 15) is 0 Å². The van der Waals surface area contributed by atoms with Gasteiger partial charge in [-0.2, -0.15) is 0 Å². The molecule has 1 N–H and O–H groups in total. The summed E-state index contributed by atoms with van der Waals surface area (Å²) in [7, 11) is -0.167. The molecule has 0 heterocycles. The van der Waals surface area contributed by atoms with Crippen LogP contribution in [0.15, 0.2) is 0 Å². The van der Waals surface area contributed by atoms with Gasteiger partial charge in [0.2, 0.25) is 0 Å². The van der Waals surface area contributed by atoms with E-state index in [0.717, 1.165) is 0 Å². The molecule has 0 aromatic rings. The average Bonchev–Trinajstić information content (AvgIpc) is 0.918. The summed E-state index contributed by atoms with van der Waals surface area (Å²) in [5, 5.41) is 0. The molecule has 0 aliphatic heterocycles. The van der Waals surface area contributed by atoms with Gasteiger partial charge in [0.05, 0.1) is 0 Å². The summed E-state index contributed by atoms with van der Waals surface area (Å²) in [6.07, 6.45) is 0. The number of hydrogen-bond acceptors (Lipinski definition) is 1. The molecule has 0 bridgehead atoms. The van der Waals surface area contributed by atoms with Gasteiger partial charge in [0, 0.05) is 17.1 Å². The first-order valence-corrected chi connectivity index (χ1v) is 2.86. The van der Waals surface area contributed by atoms with E-state index in [2.05, 4.69) is 15.6 Å². The maximum atomic E-state index is 7.49. The van der Waals surface area contributed by atoms with E-state index >= 15 is 0 Å². The third-order valence-electron chi connectivity index (χ3n) is 0. The molecular weight excluding hydrogens is 166 g/mol. The van der Waals surface area contributed by atoms with E-state index in [0.29, 0.717) is 0 Å². The van der Waals surface area contributed by atoms with Gasteiger partial charge in [-0.05, 0) is 0 Å². The summed E-state index contributed by atoms with van der Waals surface area (Å²) < 4.78 is 0. The van der Waals surface area contributed by atoms with E-state index < -0.39 is 0 Å². The first kappa shape index (κ1) is 9.06. The van der Waals surface area contributed by atoms with Crippen LogP contribution in [0.5, 0.6) is 0 Å². The predicted octanol–water partition coefficient (Wildman–Crippen LogP) is 0.0315. The summed E-state index contributed by atoms with van der Waals surface area (Å²) in [5.74, 6) is 0. The minimum Gasteiger partial charge on any atom is 0 e. The molecule has 1 nitrogen and oxygen atoms in total. The Balaban J connectivity index is 0. The van der Waals surface area contributed by atoms with Crippen LogP contribution in [0.2, 0.25) is 0 Å². The summed E-state index contributed by atoms with van der Waals surface area (Å²) in [4.78, 5) is 7.49. The second kappa shape index (κ2) is 8.83. The van der Waals surface area contributed by atoms with E-state index in [1.54, 1.807) is 0 Å². The fourth-order valence-electron chi connectivity index (χ4n) is 0. The molecule has 0 saturated heterocycles. The van der Waals surface area contributed by atoms with Crippen molar-refractivity contribution in [2.45, 2.75) is 0 Å². The van der Waals surface area contributed by atoms with Gasteiger partial charge < -0.3 is 0 Å². The fraction of sp³-hybridized carbons (Fsp3) is 0. The summed E-state index contributed by atoms with van der Waals surface area (Å²) in [6, 6.07) is 0. The Hall–Kier alpha value is 1.43. The Kier molecular flexibility index (Phi) is 20.0. The van der Waals surface area contributed by atoms with Gasteiger partial charge in [-0.25, -0.2) is 0 Å². The van der Waals surface area contributed by atoms with Gasteiger partial charge in [-0.3, -0.25) is 0 Å². The molecule has 0 amide bonds. The van der Waals surface area contributed by atoms with Gasteiger partial charge in [0.25, 0.3) is 0 Å². The van der Waals surface area contributed by atoms with Crippen LogP contribution in [-0.2, 0) is 32.6 Å². The SMILES string of the molecule is O[PH][Fe].[Cu]. The van der Waals surface area contributed by atoms with Crippen LogP contribution in [0.25, 0.3) is 0 Å². The molecule has 0 saturated carbocycles. The first-order chi connectivity index (χ1) is 1.41. The predicted molar refractivity (Wildman–Crippen MR) is 10.5 cm³/mol. The fourth-order valence-corrected chi connectivity index (χ4v) is 0. The van der Waals surface area contributed by atoms with E-state index in [4.69, 9.17) is 4.89 Å². The Morgan fingerprint density at radius 2 is 1.75 bits per heavy atom. The van der Waals surface area contributed by atoms with Gasteiger partial charge >= 0.3 is 28.0 Å². The zero-order valence-electron chi connectivity index (χ0n) is 1.60. The molecule has 0 aliphatic rings. The number of hydrogen-bond donors (Lipinski definition) is 1. The van der Waals surface area contributed by atoms with Gasteiger partial charge in [-0.15, -0.1) is 0 Å². The quantitative estimate of drug-likeness (QED) is 0.400. The van der Waals surface area contributed by atoms with E-state index in [-0.39, 0.29) is 24.6 Å². The molecular formula is H2CuFeOP. The standard InChI is InChI=1S/Cu.Fe.H2OP/c;;1-2/h;;1-2H/q;+1;-1. The summed E-state index contributed by atoms with van der Waals surface area (Å²) in [5.41, 5.74) is 0. The first-order valence-electron chi connectivity index (χ1n) is 0.400.